The predicted molar refractivity (Wildman–Crippen MR) is 91.3 cm³/mol. The molecule has 0 bridgehead atoms. The van der Waals surface area contributed by atoms with Crippen LogP contribution in [-0.4, -0.2) is 9.55 Å². The van der Waals surface area contributed by atoms with E-state index in [2.05, 4.69) is 12.8 Å². The second-order valence-corrected chi connectivity index (χ2v) is 6.19. The molecule has 0 unspecified atom stereocenters. The Morgan fingerprint density at radius 3 is 2.77 bits per heavy atom. The summed E-state index contributed by atoms with van der Waals surface area (Å²) in [5.74, 6) is 3.29. The highest BCUT2D eigenvalue weighted by Gasteiger charge is 2.13. The van der Waals surface area contributed by atoms with Crippen molar-refractivity contribution < 1.29 is 0 Å². The first-order chi connectivity index (χ1) is 10.7. The lowest BCUT2D eigenvalue weighted by Gasteiger charge is -2.09. The lowest BCUT2D eigenvalue weighted by atomic mass is 10.1. The summed E-state index contributed by atoms with van der Waals surface area (Å²) in [6, 6.07) is 11.9. The van der Waals surface area contributed by atoms with Crippen LogP contribution in [0, 0.1) is 12.3 Å². The number of aromatic nitrogens is 2. The fourth-order valence-electron chi connectivity index (χ4n) is 2.45. The van der Waals surface area contributed by atoms with Crippen LogP contribution in [0.15, 0.2) is 41.2 Å². The minimum Gasteiger partial charge on any atom is -0.284 e. The maximum absolute atomic E-state index is 12.7. The van der Waals surface area contributed by atoms with Crippen LogP contribution in [0.25, 0.3) is 10.2 Å². The van der Waals surface area contributed by atoms with Crippen LogP contribution in [0.3, 0.4) is 0 Å². The van der Waals surface area contributed by atoms with E-state index < -0.39 is 0 Å². The van der Waals surface area contributed by atoms with Gasteiger partial charge in [-0.1, -0.05) is 43.2 Å². The summed E-state index contributed by atoms with van der Waals surface area (Å²) in [5, 5.41) is 0.675. The summed E-state index contributed by atoms with van der Waals surface area (Å²) in [5.41, 5.74) is 1.08. The number of terminal acetylenes is 1. The van der Waals surface area contributed by atoms with Crippen LogP contribution >= 0.6 is 11.3 Å². The Kier molecular flexibility index (Phi) is 4.08. The first kappa shape index (κ1) is 14.6. The fourth-order valence-corrected chi connectivity index (χ4v) is 3.43. The standard InChI is InChI=1S/C18H16N2OS/c1-3-10-20-16(11-13-8-6-5-7-9-13)19-17-15(18(20)21)12-14(4-2)22-17/h1,5-9,12H,4,10-11H2,2H3. The summed E-state index contributed by atoms with van der Waals surface area (Å²) in [6.45, 7) is 2.33. The molecule has 0 saturated heterocycles. The molecule has 0 saturated carbocycles. The van der Waals surface area contributed by atoms with Gasteiger partial charge < -0.3 is 0 Å². The van der Waals surface area contributed by atoms with E-state index in [1.165, 1.54) is 4.88 Å². The Morgan fingerprint density at radius 2 is 2.09 bits per heavy atom. The van der Waals surface area contributed by atoms with Crippen LogP contribution in [0.2, 0.25) is 0 Å². The first-order valence-electron chi connectivity index (χ1n) is 7.22. The van der Waals surface area contributed by atoms with Gasteiger partial charge in [-0.05, 0) is 18.1 Å². The number of hydrogen-bond acceptors (Lipinski definition) is 3. The highest BCUT2D eigenvalue weighted by molar-refractivity contribution is 7.18. The molecule has 4 heteroatoms. The van der Waals surface area contributed by atoms with Gasteiger partial charge in [-0.15, -0.1) is 17.8 Å². The Balaban J connectivity index is 2.17. The zero-order chi connectivity index (χ0) is 15.5. The van der Waals surface area contributed by atoms with E-state index in [1.54, 1.807) is 15.9 Å². The summed E-state index contributed by atoms with van der Waals surface area (Å²) in [4.78, 5) is 19.4. The van der Waals surface area contributed by atoms with Gasteiger partial charge in [0.15, 0.2) is 0 Å². The van der Waals surface area contributed by atoms with Crippen LogP contribution in [-0.2, 0) is 19.4 Å². The van der Waals surface area contributed by atoms with E-state index >= 15 is 0 Å². The molecule has 0 fully saturated rings. The van der Waals surface area contributed by atoms with E-state index in [-0.39, 0.29) is 12.1 Å². The van der Waals surface area contributed by atoms with Gasteiger partial charge in [0.2, 0.25) is 0 Å². The van der Waals surface area contributed by atoms with Gasteiger partial charge in [0.25, 0.3) is 5.56 Å². The molecule has 0 radical (unpaired) electrons. The molecule has 1 aromatic carbocycles. The number of thiophene rings is 1. The maximum atomic E-state index is 12.7. The molecule has 0 spiro atoms. The van der Waals surface area contributed by atoms with Gasteiger partial charge in [-0.2, -0.15) is 0 Å². The predicted octanol–water partition coefficient (Wildman–Crippen LogP) is 3.24. The zero-order valence-electron chi connectivity index (χ0n) is 12.4. The third-order valence-electron chi connectivity index (χ3n) is 3.58. The van der Waals surface area contributed by atoms with Crippen molar-refractivity contribution in [3.63, 3.8) is 0 Å². The second kappa shape index (κ2) is 6.17. The number of hydrogen-bond donors (Lipinski definition) is 0. The minimum absolute atomic E-state index is 0.0372. The molecule has 3 rings (SSSR count). The molecule has 0 N–H and O–H groups in total. The highest BCUT2D eigenvalue weighted by atomic mass is 32.1. The number of rotatable bonds is 4. The molecule has 0 aliphatic heterocycles. The second-order valence-electron chi connectivity index (χ2n) is 5.07. The molecule has 0 aliphatic rings. The Bertz CT molecular complexity index is 900. The number of nitrogens with zero attached hydrogens (tertiary/aromatic N) is 2. The van der Waals surface area contributed by atoms with Gasteiger partial charge in [-0.3, -0.25) is 9.36 Å². The minimum atomic E-state index is -0.0372. The number of aryl methyl sites for hydroxylation is 1. The monoisotopic (exact) mass is 308 g/mol. The summed E-state index contributed by atoms with van der Waals surface area (Å²) in [6.07, 6.45) is 6.94. The summed E-state index contributed by atoms with van der Waals surface area (Å²) >= 11 is 1.59. The average Bonchev–Trinajstić information content (AvgIpc) is 2.95. The molecule has 110 valence electrons. The SMILES string of the molecule is C#CCn1c(Cc2ccccc2)nc2sc(CC)cc2c1=O. The lowest BCUT2D eigenvalue weighted by Crippen LogP contribution is -2.24. The highest BCUT2D eigenvalue weighted by Crippen LogP contribution is 2.22. The molecular formula is C18H16N2OS. The third kappa shape index (κ3) is 2.68. The van der Waals surface area contributed by atoms with E-state index in [0.717, 1.165) is 22.6 Å². The quantitative estimate of drug-likeness (QED) is 0.694. The average molecular weight is 308 g/mol. The first-order valence-corrected chi connectivity index (χ1v) is 8.04. The third-order valence-corrected chi connectivity index (χ3v) is 4.76. The number of benzene rings is 1. The van der Waals surface area contributed by atoms with E-state index in [9.17, 15) is 4.79 Å². The topological polar surface area (TPSA) is 34.9 Å². The molecule has 0 atom stereocenters. The fraction of sp³-hybridized carbons (Fsp3) is 0.222. The van der Waals surface area contributed by atoms with Crippen molar-refractivity contribution in [1.82, 2.24) is 9.55 Å². The van der Waals surface area contributed by atoms with Crippen LogP contribution in [0.4, 0.5) is 0 Å². The molecule has 2 aromatic heterocycles. The van der Waals surface area contributed by atoms with Crippen LogP contribution in [0.1, 0.15) is 23.2 Å². The van der Waals surface area contributed by atoms with Crippen molar-refractivity contribution >= 4 is 21.6 Å². The van der Waals surface area contributed by atoms with Crippen molar-refractivity contribution in [2.75, 3.05) is 0 Å². The lowest BCUT2D eigenvalue weighted by molar-refractivity contribution is 0.720. The molecule has 2 heterocycles. The van der Waals surface area contributed by atoms with E-state index in [4.69, 9.17) is 11.4 Å². The molecule has 22 heavy (non-hydrogen) atoms. The smallest absolute Gasteiger partial charge is 0.263 e. The van der Waals surface area contributed by atoms with Crippen molar-refractivity contribution in [3.8, 4) is 12.3 Å². The molecule has 3 nitrogen and oxygen atoms in total. The van der Waals surface area contributed by atoms with Gasteiger partial charge in [0.05, 0.1) is 11.9 Å². The zero-order valence-corrected chi connectivity index (χ0v) is 13.2. The van der Waals surface area contributed by atoms with Crippen molar-refractivity contribution in [1.29, 1.82) is 0 Å². The summed E-state index contributed by atoms with van der Waals surface area (Å²) in [7, 11) is 0. The maximum Gasteiger partial charge on any atom is 0.263 e. The molecule has 0 amide bonds. The molecule has 0 aliphatic carbocycles. The van der Waals surface area contributed by atoms with Gasteiger partial charge in [0.1, 0.15) is 10.7 Å². The van der Waals surface area contributed by atoms with E-state index in [1.807, 2.05) is 36.4 Å². The van der Waals surface area contributed by atoms with E-state index in [0.29, 0.717) is 11.8 Å². The Hall–Kier alpha value is -2.38. The number of fused-ring (bicyclic) bond motifs is 1. The molecular weight excluding hydrogens is 292 g/mol. The largest absolute Gasteiger partial charge is 0.284 e. The molecule has 3 aromatic rings. The normalized spacial score (nSPS) is 10.7. The van der Waals surface area contributed by atoms with Gasteiger partial charge >= 0.3 is 0 Å². The van der Waals surface area contributed by atoms with Crippen LogP contribution < -0.4 is 5.56 Å². The van der Waals surface area contributed by atoms with Crippen LogP contribution in [0.5, 0.6) is 0 Å². The Morgan fingerprint density at radius 1 is 1.32 bits per heavy atom. The Labute approximate surface area is 133 Å². The van der Waals surface area contributed by atoms with Crippen molar-refractivity contribution in [3.05, 3.63) is 63.0 Å². The summed E-state index contributed by atoms with van der Waals surface area (Å²) < 4.78 is 1.61. The van der Waals surface area contributed by atoms with Gasteiger partial charge in [0, 0.05) is 11.3 Å². The van der Waals surface area contributed by atoms with Crippen molar-refractivity contribution in [2.45, 2.75) is 26.3 Å². The van der Waals surface area contributed by atoms with Gasteiger partial charge in [-0.25, -0.2) is 4.98 Å². The van der Waals surface area contributed by atoms with Crippen molar-refractivity contribution in [2.24, 2.45) is 0 Å².